The van der Waals surface area contributed by atoms with Crippen LogP contribution in [-0.2, 0) is 22.9 Å². The van der Waals surface area contributed by atoms with E-state index in [0.29, 0.717) is 12.3 Å². The number of hydrogen-bond acceptors (Lipinski definition) is 6. The van der Waals surface area contributed by atoms with E-state index >= 15 is 0 Å². The van der Waals surface area contributed by atoms with Crippen LogP contribution in [0.5, 0.6) is 0 Å². The molecule has 114 valence electrons. The first-order chi connectivity index (χ1) is 9.50. The summed E-state index contributed by atoms with van der Waals surface area (Å²) < 4.78 is 29.2. The van der Waals surface area contributed by atoms with Crippen molar-refractivity contribution in [3.63, 3.8) is 0 Å². The number of hydrogen-bond donors (Lipinski definition) is 1. The second-order valence-electron chi connectivity index (χ2n) is 5.03. The number of rotatable bonds is 6. The Morgan fingerprint density at radius 1 is 1.55 bits per heavy atom. The predicted octanol–water partition coefficient (Wildman–Crippen LogP) is 1.31. The molecule has 0 aliphatic carbocycles. The van der Waals surface area contributed by atoms with Crippen molar-refractivity contribution in [1.82, 2.24) is 10.2 Å². The van der Waals surface area contributed by atoms with Gasteiger partial charge in [-0.25, -0.2) is 8.42 Å². The van der Waals surface area contributed by atoms with Gasteiger partial charge in [0.05, 0.1) is 12.8 Å². The van der Waals surface area contributed by atoms with Gasteiger partial charge < -0.3 is 9.73 Å². The van der Waals surface area contributed by atoms with E-state index in [0.717, 1.165) is 36.7 Å². The quantitative estimate of drug-likeness (QED) is 0.853. The minimum absolute atomic E-state index is 0.399. The van der Waals surface area contributed by atoms with E-state index in [-0.39, 0.29) is 0 Å². The van der Waals surface area contributed by atoms with Crippen LogP contribution < -0.4 is 5.32 Å². The summed E-state index contributed by atoms with van der Waals surface area (Å²) in [6, 6.07) is 2.00. The molecule has 20 heavy (non-hydrogen) atoms. The third-order valence-electron chi connectivity index (χ3n) is 3.33. The molecule has 7 heteroatoms. The fourth-order valence-corrected chi connectivity index (χ4v) is 5.20. The summed E-state index contributed by atoms with van der Waals surface area (Å²) in [5.74, 6) is 2.44. The Balaban J connectivity index is 2.01. The van der Waals surface area contributed by atoms with Gasteiger partial charge in [-0.2, -0.15) is 11.8 Å². The first kappa shape index (κ1) is 15.9. The first-order valence-electron chi connectivity index (χ1n) is 6.78. The van der Waals surface area contributed by atoms with Crippen LogP contribution in [0.4, 0.5) is 0 Å². The highest BCUT2D eigenvalue weighted by Crippen LogP contribution is 2.23. The van der Waals surface area contributed by atoms with Crippen LogP contribution in [-0.4, -0.2) is 49.5 Å². The Bertz CT molecular complexity index is 527. The van der Waals surface area contributed by atoms with Crippen LogP contribution in [0.1, 0.15) is 18.2 Å². The molecule has 1 aromatic heterocycles. The van der Waals surface area contributed by atoms with Gasteiger partial charge in [-0.15, -0.1) is 0 Å². The van der Waals surface area contributed by atoms with Crippen molar-refractivity contribution < 1.29 is 12.8 Å². The lowest BCUT2D eigenvalue weighted by Crippen LogP contribution is -2.46. The Morgan fingerprint density at radius 2 is 2.35 bits per heavy atom. The van der Waals surface area contributed by atoms with Gasteiger partial charge in [-0.05, 0) is 12.6 Å². The molecule has 1 aliphatic heterocycles. The van der Waals surface area contributed by atoms with Crippen molar-refractivity contribution in [2.24, 2.45) is 0 Å². The van der Waals surface area contributed by atoms with Crippen LogP contribution in [0, 0.1) is 0 Å². The number of thioether (sulfide) groups is 1. The molecule has 2 rings (SSSR count). The topological polar surface area (TPSA) is 62.6 Å². The zero-order valence-electron chi connectivity index (χ0n) is 12.0. The summed E-state index contributed by atoms with van der Waals surface area (Å²) in [6.07, 6.45) is 3.06. The molecule has 0 bridgehead atoms. The summed E-state index contributed by atoms with van der Waals surface area (Å²) in [7, 11) is -3.05. The molecule has 1 unspecified atom stereocenters. The van der Waals surface area contributed by atoms with Gasteiger partial charge >= 0.3 is 0 Å². The van der Waals surface area contributed by atoms with Gasteiger partial charge in [0.1, 0.15) is 11.1 Å². The molecule has 1 fully saturated rings. The maximum absolute atomic E-state index is 11.8. The number of furan rings is 1. The molecule has 0 amide bonds. The third-order valence-corrected chi connectivity index (χ3v) is 6.02. The van der Waals surface area contributed by atoms with Gasteiger partial charge in [-0.3, -0.25) is 4.90 Å². The maximum Gasteiger partial charge on any atom is 0.164 e. The SMILES string of the molecule is CCNCc1coc(CN2CCSCC2S(C)(=O)=O)c1. The normalized spacial score (nSPS) is 21.2. The monoisotopic (exact) mass is 318 g/mol. The summed E-state index contributed by atoms with van der Waals surface area (Å²) in [6.45, 7) is 5.10. The lowest BCUT2D eigenvalue weighted by molar-refractivity contribution is 0.240. The summed E-state index contributed by atoms with van der Waals surface area (Å²) >= 11 is 1.70. The van der Waals surface area contributed by atoms with Crippen molar-refractivity contribution in [3.05, 3.63) is 23.7 Å². The zero-order valence-corrected chi connectivity index (χ0v) is 13.6. The van der Waals surface area contributed by atoms with Crippen molar-refractivity contribution in [1.29, 1.82) is 0 Å². The van der Waals surface area contributed by atoms with Crippen molar-refractivity contribution >= 4 is 21.6 Å². The van der Waals surface area contributed by atoms with Crippen LogP contribution in [0.2, 0.25) is 0 Å². The van der Waals surface area contributed by atoms with Crippen molar-refractivity contribution in [3.8, 4) is 0 Å². The minimum atomic E-state index is -3.05. The maximum atomic E-state index is 11.8. The smallest absolute Gasteiger partial charge is 0.164 e. The van der Waals surface area contributed by atoms with Gasteiger partial charge in [0.15, 0.2) is 9.84 Å². The van der Waals surface area contributed by atoms with Crippen LogP contribution in [0.15, 0.2) is 16.7 Å². The van der Waals surface area contributed by atoms with Crippen LogP contribution in [0.3, 0.4) is 0 Å². The molecule has 1 N–H and O–H groups in total. The molecule has 1 aliphatic rings. The fourth-order valence-electron chi connectivity index (χ4n) is 2.26. The molecule has 1 atom stereocenters. The Hall–Kier alpha value is -0.500. The molecule has 1 aromatic rings. The predicted molar refractivity (Wildman–Crippen MR) is 82.5 cm³/mol. The minimum Gasteiger partial charge on any atom is -0.468 e. The molecule has 0 aromatic carbocycles. The second kappa shape index (κ2) is 6.98. The Morgan fingerprint density at radius 3 is 3.05 bits per heavy atom. The van der Waals surface area contributed by atoms with E-state index < -0.39 is 15.2 Å². The van der Waals surface area contributed by atoms with E-state index in [2.05, 4.69) is 12.2 Å². The zero-order chi connectivity index (χ0) is 14.6. The Kier molecular flexibility index (Phi) is 5.54. The highest BCUT2D eigenvalue weighted by Gasteiger charge is 2.31. The van der Waals surface area contributed by atoms with E-state index in [4.69, 9.17) is 4.42 Å². The first-order valence-corrected chi connectivity index (χ1v) is 9.89. The Labute approximate surface area is 125 Å². The van der Waals surface area contributed by atoms with E-state index in [1.165, 1.54) is 6.26 Å². The number of nitrogens with zero attached hydrogens (tertiary/aromatic N) is 1. The summed E-state index contributed by atoms with van der Waals surface area (Å²) in [5.41, 5.74) is 1.10. The largest absolute Gasteiger partial charge is 0.468 e. The lowest BCUT2D eigenvalue weighted by Gasteiger charge is -2.33. The standard InChI is InChI=1S/C13H22N2O3S2/c1-3-14-7-11-6-12(18-9-11)8-15-4-5-19-10-13(15)20(2,16)17/h6,9,13-14H,3-5,7-8,10H2,1-2H3. The van der Waals surface area contributed by atoms with E-state index in [1.807, 2.05) is 11.0 Å². The summed E-state index contributed by atoms with van der Waals surface area (Å²) in [4.78, 5) is 2.00. The molecule has 0 spiro atoms. The molecule has 2 heterocycles. The van der Waals surface area contributed by atoms with Crippen molar-refractivity contribution in [2.75, 3.05) is 30.9 Å². The number of sulfone groups is 1. The molecule has 0 saturated carbocycles. The molecule has 5 nitrogen and oxygen atoms in total. The fraction of sp³-hybridized carbons (Fsp3) is 0.692. The molecule has 0 radical (unpaired) electrons. The van der Waals surface area contributed by atoms with Crippen molar-refractivity contribution in [2.45, 2.75) is 25.4 Å². The second-order valence-corrected chi connectivity index (χ2v) is 8.38. The number of nitrogens with one attached hydrogen (secondary N) is 1. The van der Waals surface area contributed by atoms with Gasteiger partial charge in [0.2, 0.25) is 0 Å². The highest BCUT2D eigenvalue weighted by molar-refractivity contribution is 8.00. The molecular weight excluding hydrogens is 296 g/mol. The summed E-state index contributed by atoms with van der Waals surface area (Å²) in [5, 5.41) is 2.84. The van der Waals surface area contributed by atoms with Gasteiger partial charge in [0.25, 0.3) is 0 Å². The molecule has 1 saturated heterocycles. The highest BCUT2D eigenvalue weighted by atomic mass is 32.2. The van der Waals surface area contributed by atoms with E-state index in [9.17, 15) is 8.42 Å². The molecular formula is C13H22N2O3S2. The third kappa shape index (κ3) is 4.25. The average molecular weight is 318 g/mol. The lowest BCUT2D eigenvalue weighted by atomic mass is 10.3. The van der Waals surface area contributed by atoms with Crippen LogP contribution in [0.25, 0.3) is 0 Å². The average Bonchev–Trinajstić information content (AvgIpc) is 2.83. The van der Waals surface area contributed by atoms with Gasteiger partial charge in [-0.1, -0.05) is 6.92 Å². The van der Waals surface area contributed by atoms with Gasteiger partial charge in [0, 0.05) is 36.4 Å². The van der Waals surface area contributed by atoms with E-state index in [1.54, 1.807) is 18.0 Å². The van der Waals surface area contributed by atoms with Crippen LogP contribution >= 0.6 is 11.8 Å².